The van der Waals surface area contributed by atoms with Crippen LogP contribution in [0.4, 0.5) is 26.3 Å². The molecule has 0 spiro atoms. The first kappa shape index (κ1) is 30.8. The van der Waals surface area contributed by atoms with Gasteiger partial charge >= 0.3 is 12.4 Å². The van der Waals surface area contributed by atoms with Crippen LogP contribution >= 0.6 is 11.6 Å². The van der Waals surface area contributed by atoms with Crippen molar-refractivity contribution in [2.45, 2.75) is 50.2 Å². The zero-order valence-corrected chi connectivity index (χ0v) is 23.5. The van der Waals surface area contributed by atoms with E-state index in [1.807, 2.05) is 4.90 Å². The van der Waals surface area contributed by atoms with E-state index in [0.717, 1.165) is 12.3 Å². The summed E-state index contributed by atoms with van der Waals surface area (Å²) in [5.41, 5.74) is -1.67. The van der Waals surface area contributed by atoms with Crippen molar-refractivity contribution in [3.8, 4) is 5.88 Å². The number of pyridine rings is 2. The molecule has 4 heterocycles. The molecule has 1 unspecified atom stereocenters. The minimum Gasteiger partial charge on any atom is -0.481 e. The molecule has 3 aromatic rings. The molecule has 2 saturated heterocycles. The van der Waals surface area contributed by atoms with Crippen LogP contribution in [0.5, 0.6) is 5.88 Å². The number of ether oxygens (including phenoxy) is 2. The lowest BCUT2D eigenvalue weighted by Crippen LogP contribution is -2.40. The van der Waals surface area contributed by atoms with Gasteiger partial charge in [0.2, 0.25) is 5.88 Å². The number of nitrogens with zero attached hydrogens (tertiary/aromatic N) is 3. The Kier molecular flexibility index (Phi) is 8.63. The predicted octanol–water partition coefficient (Wildman–Crippen LogP) is 6.75. The van der Waals surface area contributed by atoms with E-state index in [1.54, 1.807) is 18.2 Å². The number of hydrogen-bond donors (Lipinski definition) is 1. The van der Waals surface area contributed by atoms with Crippen molar-refractivity contribution in [2.24, 2.45) is 11.8 Å². The van der Waals surface area contributed by atoms with Crippen LogP contribution in [-0.2, 0) is 23.1 Å². The van der Waals surface area contributed by atoms with Crippen molar-refractivity contribution in [3.05, 3.63) is 63.9 Å². The number of rotatable bonds is 6. The van der Waals surface area contributed by atoms with E-state index in [2.05, 4.69) is 9.97 Å². The number of aromatic nitrogens is 2. The normalized spacial score (nSPS) is 19.6. The molecule has 1 atom stereocenters. The Morgan fingerprint density at radius 1 is 0.976 bits per heavy atom. The highest BCUT2D eigenvalue weighted by Crippen LogP contribution is 2.45. The molecule has 5 rings (SSSR count). The molecule has 2 aromatic heterocycles. The smallest absolute Gasteiger partial charge is 0.433 e. The molecule has 2 fully saturated rings. The maximum Gasteiger partial charge on any atom is 0.433 e. The fourth-order valence-electron chi connectivity index (χ4n) is 6.00. The highest BCUT2D eigenvalue weighted by molar-refractivity contribution is 6.36. The third kappa shape index (κ3) is 6.04. The highest BCUT2D eigenvalue weighted by Gasteiger charge is 2.44. The zero-order valence-electron chi connectivity index (χ0n) is 22.7. The number of hydrogen-bond acceptors (Lipinski definition) is 6. The van der Waals surface area contributed by atoms with Crippen molar-refractivity contribution in [1.82, 2.24) is 14.9 Å². The van der Waals surface area contributed by atoms with Crippen LogP contribution in [0, 0.1) is 11.8 Å². The molecule has 42 heavy (non-hydrogen) atoms. The summed E-state index contributed by atoms with van der Waals surface area (Å²) in [6.45, 7) is 1.31. The van der Waals surface area contributed by atoms with E-state index in [0.29, 0.717) is 48.1 Å². The third-order valence-electron chi connectivity index (χ3n) is 8.35. The summed E-state index contributed by atoms with van der Waals surface area (Å²) in [6, 6.07) is 7.08. The van der Waals surface area contributed by atoms with Gasteiger partial charge < -0.3 is 14.6 Å². The van der Waals surface area contributed by atoms with Gasteiger partial charge in [0.05, 0.1) is 23.6 Å². The lowest BCUT2D eigenvalue weighted by Gasteiger charge is -2.39. The Balaban J connectivity index is 1.56. The van der Waals surface area contributed by atoms with Crippen LogP contribution in [0.2, 0.25) is 5.02 Å². The van der Waals surface area contributed by atoms with Gasteiger partial charge in [0.1, 0.15) is 11.3 Å². The van der Waals surface area contributed by atoms with Gasteiger partial charge in [0.15, 0.2) is 0 Å². The summed E-state index contributed by atoms with van der Waals surface area (Å²) in [5.74, 6) is -1.59. The summed E-state index contributed by atoms with van der Waals surface area (Å²) < 4.78 is 91.2. The Morgan fingerprint density at radius 3 is 2.26 bits per heavy atom. The third-order valence-corrected chi connectivity index (χ3v) is 8.78. The molecular formula is C29H30ClF6N3O3. The molecule has 0 aliphatic carbocycles. The largest absolute Gasteiger partial charge is 0.481 e. The first-order valence-electron chi connectivity index (χ1n) is 13.6. The van der Waals surface area contributed by atoms with Crippen molar-refractivity contribution >= 4 is 22.5 Å². The molecule has 6 nitrogen and oxygen atoms in total. The van der Waals surface area contributed by atoms with E-state index >= 15 is 0 Å². The summed E-state index contributed by atoms with van der Waals surface area (Å²) in [7, 11) is 1.42. The topological polar surface area (TPSA) is 67.7 Å². The van der Waals surface area contributed by atoms with Crippen LogP contribution in [-0.4, -0.2) is 59.6 Å². The van der Waals surface area contributed by atoms with E-state index < -0.39 is 35.5 Å². The number of aliphatic hydroxyl groups is 1. The quantitative estimate of drug-likeness (QED) is 0.309. The average Bonchev–Trinajstić information content (AvgIpc) is 2.97. The molecule has 0 amide bonds. The van der Waals surface area contributed by atoms with Crippen molar-refractivity contribution in [2.75, 3.05) is 33.4 Å². The second-order valence-electron chi connectivity index (χ2n) is 10.8. The first-order valence-corrected chi connectivity index (χ1v) is 14.0. The minimum atomic E-state index is -4.71. The lowest BCUT2D eigenvalue weighted by molar-refractivity contribution is -0.185. The average molecular weight is 618 g/mol. The molecular weight excluding hydrogens is 588 g/mol. The summed E-state index contributed by atoms with van der Waals surface area (Å²) >= 11 is 6.90. The molecule has 228 valence electrons. The SMILES string of the molecule is COc1nc2ccc(C(O)(c3ccnc(C(F)(F)F)c3)C3CCOCC3)cc2c(Cl)c1CN1CCC(C(F)(F)F)CC1. The van der Waals surface area contributed by atoms with Crippen LogP contribution in [0.25, 0.3) is 10.9 Å². The summed E-state index contributed by atoms with van der Waals surface area (Å²) in [5, 5.41) is 13.0. The zero-order chi connectivity index (χ0) is 30.3. The maximum absolute atomic E-state index is 13.6. The van der Waals surface area contributed by atoms with Gasteiger partial charge in [0, 0.05) is 42.8 Å². The van der Waals surface area contributed by atoms with Crippen LogP contribution in [0.1, 0.15) is 48.1 Å². The second-order valence-corrected chi connectivity index (χ2v) is 11.2. The van der Waals surface area contributed by atoms with Crippen molar-refractivity contribution in [3.63, 3.8) is 0 Å². The van der Waals surface area contributed by atoms with Gasteiger partial charge in [0.25, 0.3) is 0 Å². The van der Waals surface area contributed by atoms with Gasteiger partial charge in [-0.1, -0.05) is 17.7 Å². The van der Waals surface area contributed by atoms with E-state index in [9.17, 15) is 31.4 Å². The molecule has 0 bridgehead atoms. The lowest BCUT2D eigenvalue weighted by atomic mass is 9.72. The molecule has 2 aliphatic heterocycles. The molecule has 1 N–H and O–H groups in total. The Hall–Kier alpha value is -2.67. The predicted molar refractivity (Wildman–Crippen MR) is 143 cm³/mol. The van der Waals surface area contributed by atoms with E-state index in [1.165, 1.54) is 13.2 Å². The molecule has 13 heteroatoms. The monoisotopic (exact) mass is 617 g/mol. The highest BCUT2D eigenvalue weighted by atomic mass is 35.5. The number of halogens is 7. The van der Waals surface area contributed by atoms with Gasteiger partial charge in [-0.2, -0.15) is 26.3 Å². The molecule has 1 aromatic carbocycles. The van der Waals surface area contributed by atoms with Gasteiger partial charge in [-0.15, -0.1) is 0 Å². The van der Waals surface area contributed by atoms with Crippen molar-refractivity contribution in [1.29, 1.82) is 0 Å². The number of likely N-dealkylation sites (tertiary alicyclic amines) is 1. The minimum absolute atomic E-state index is 0.0292. The van der Waals surface area contributed by atoms with E-state index in [-0.39, 0.29) is 48.9 Å². The van der Waals surface area contributed by atoms with Gasteiger partial charge in [-0.05, 0) is 74.2 Å². The molecule has 2 aliphatic rings. The Labute approximate surface area is 243 Å². The molecule has 0 radical (unpaired) electrons. The van der Waals surface area contributed by atoms with Gasteiger partial charge in [-0.25, -0.2) is 4.98 Å². The number of fused-ring (bicyclic) bond motifs is 1. The van der Waals surface area contributed by atoms with Gasteiger partial charge in [-0.3, -0.25) is 9.88 Å². The first-order chi connectivity index (χ1) is 19.8. The number of benzene rings is 1. The number of piperidine rings is 1. The Morgan fingerprint density at radius 2 is 1.64 bits per heavy atom. The van der Waals surface area contributed by atoms with E-state index in [4.69, 9.17) is 21.1 Å². The van der Waals surface area contributed by atoms with Crippen LogP contribution in [0.3, 0.4) is 0 Å². The fourth-order valence-corrected chi connectivity index (χ4v) is 6.30. The van der Waals surface area contributed by atoms with Crippen LogP contribution < -0.4 is 4.74 Å². The Bertz CT molecular complexity index is 1420. The number of alkyl halides is 6. The second kappa shape index (κ2) is 11.8. The maximum atomic E-state index is 13.6. The standard InChI is InChI=1S/C29H30ClF6N3O3/c1-41-26-22(16-39-10-5-18(6-11-39)28(31,32)33)25(30)21-14-19(2-3-23(21)38-26)27(40,17-7-12-42-13-8-17)20-4-9-37-24(15-20)29(34,35)36/h2-4,9,14-15,17-18,40H,5-8,10-13,16H2,1H3. The summed E-state index contributed by atoms with van der Waals surface area (Å²) in [4.78, 5) is 9.87. The summed E-state index contributed by atoms with van der Waals surface area (Å²) in [6.07, 6.45) is -7.15. The van der Waals surface area contributed by atoms with Crippen LogP contribution in [0.15, 0.2) is 36.5 Å². The molecule has 0 saturated carbocycles. The van der Waals surface area contributed by atoms with Crippen molar-refractivity contribution < 1.29 is 40.9 Å². The fraction of sp³-hybridized carbons (Fsp3) is 0.517. The number of methoxy groups -OCH3 is 1.